The van der Waals surface area contributed by atoms with Gasteiger partial charge in [-0.15, -0.1) is 0 Å². The van der Waals surface area contributed by atoms with E-state index >= 15 is 0 Å². The lowest BCUT2D eigenvalue weighted by molar-refractivity contribution is -0.149. The highest BCUT2D eigenvalue weighted by atomic mass is 127. The molecule has 10 heteroatoms. The zero-order valence-electron chi connectivity index (χ0n) is 22.0. The minimum atomic E-state index is -0.879. The molecule has 0 bridgehead atoms. The average molecular weight is 774 g/mol. The Morgan fingerprint density at radius 1 is 0.897 bits per heavy atom. The summed E-state index contributed by atoms with van der Waals surface area (Å²) in [5.41, 5.74) is 2.24. The van der Waals surface area contributed by atoms with Crippen LogP contribution < -0.4 is 9.47 Å². The maximum Gasteiger partial charge on any atom is 0.313 e. The van der Waals surface area contributed by atoms with Crippen LogP contribution in [0.3, 0.4) is 0 Å². The molecular formula is C29H27Br2IO7. The summed E-state index contributed by atoms with van der Waals surface area (Å²) in [7, 11) is 4.09. The Kier molecular flexibility index (Phi) is 11.0. The predicted molar refractivity (Wildman–Crippen MR) is 163 cm³/mol. The number of benzene rings is 3. The van der Waals surface area contributed by atoms with E-state index in [9.17, 15) is 14.4 Å². The second-order valence-electron chi connectivity index (χ2n) is 8.86. The molecule has 39 heavy (non-hydrogen) atoms. The van der Waals surface area contributed by atoms with Gasteiger partial charge in [0.2, 0.25) is 0 Å². The monoisotopic (exact) mass is 772 g/mol. The minimum absolute atomic E-state index is 0.0949. The normalized spacial score (nSPS) is 11.6. The topological polar surface area (TPSA) is 88.1 Å². The molecule has 7 nitrogen and oxygen atoms in total. The summed E-state index contributed by atoms with van der Waals surface area (Å²) in [6.45, 7) is 4.05. The van der Waals surface area contributed by atoms with Crippen LogP contribution in [0.15, 0.2) is 57.5 Å². The van der Waals surface area contributed by atoms with E-state index < -0.39 is 17.9 Å². The summed E-state index contributed by atoms with van der Waals surface area (Å²) in [5.74, 6) is -0.805. The Morgan fingerprint density at radius 2 is 1.56 bits per heavy atom. The van der Waals surface area contributed by atoms with Crippen molar-refractivity contribution in [3.63, 3.8) is 0 Å². The van der Waals surface area contributed by atoms with Crippen LogP contribution in [0.2, 0.25) is 0 Å². The van der Waals surface area contributed by atoms with Gasteiger partial charge in [0.15, 0.2) is 11.5 Å². The number of esters is 2. The number of ketones is 1. The van der Waals surface area contributed by atoms with Crippen LogP contribution in [0.4, 0.5) is 0 Å². The summed E-state index contributed by atoms with van der Waals surface area (Å²) in [6, 6.07) is 14.2. The van der Waals surface area contributed by atoms with Gasteiger partial charge in [-0.05, 0) is 102 Å². The molecule has 0 radical (unpaired) electrons. The molecule has 0 saturated carbocycles. The largest absolute Gasteiger partial charge is 0.496 e. The summed E-state index contributed by atoms with van der Waals surface area (Å²) in [4.78, 5) is 38.1. The maximum atomic E-state index is 13.7. The van der Waals surface area contributed by atoms with Crippen molar-refractivity contribution in [1.82, 2.24) is 0 Å². The molecule has 0 aromatic heterocycles. The molecule has 0 fully saturated rings. The van der Waals surface area contributed by atoms with E-state index in [1.807, 2.05) is 38.1 Å². The number of hydrogen-bond donors (Lipinski definition) is 0. The molecule has 3 aromatic rings. The van der Waals surface area contributed by atoms with Crippen LogP contribution in [-0.2, 0) is 19.1 Å². The van der Waals surface area contributed by atoms with Crippen LogP contribution in [0, 0.1) is 3.57 Å². The molecule has 0 aliphatic rings. The van der Waals surface area contributed by atoms with Gasteiger partial charge in [-0.2, -0.15) is 0 Å². The van der Waals surface area contributed by atoms with Crippen molar-refractivity contribution in [3.05, 3.63) is 83.3 Å². The van der Waals surface area contributed by atoms with Gasteiger partial charge in [0.1, 0.15) is 11.5 Å². The van der Waals surface area contributed by atoms with Gasteiger partial charge in [0.05, 0.1) is 48.2 Å². The lowest BCUT2D eigenvalue weighted by Gasteiger charge is -2.20. The highest BCUT2D eigenvalue weighted by molar-refractivity contribution is 14.1. The smallest absolute Gasteiger partial charge is 0.313 e. The highest BCUT2D eigenvalue weighted by Crippen LogP contribution is 2.43. The fourth-order valence-corrected chi connectivity index (χ4v) is 5.90. The predicted octanol–water partition coefficient (Wildman–Crippen LogP) is 7.79. The van der Waals surface area contributed by atoms with Crippen molar-refractivity contribution in [2.75, 3.05) is 21.3 Å². The second-order valence-corrected chi connectivity index (χ2v) is 11.8. The van der Waals surface area contributed by atoms with Crippen molar-refractivity contribution in [3.8, 4) is 17.2 Å². The number of hydrogen-bond acceptors (Lipinski definition) is 7. The Bertz CT molecular complexity index is 1380. The molecule has 3 aromatic carbocycles. The van der Waals surface area contributed by atoms with E-state index in [-0.39, 0.29) is 18.1 Å². The second kappa shape index (κ2) is 13.8. The Labute approximate surface area is 257 Å². The van der Waals surface area contributed by atoms with Gasteiger partial charge in [-0.25, -0.2) is 0 Å². The molecule has 3 rings (SSSR count). The molecule has 206 valence electrons. The number of carbonyl (C=O) groups excluding carboxylic acids is 3. The Balaban J connectivity index is 2.13. The van der Waals surface area contributed by atoms with E-state index in [1.165, 1.54) is 14.2 Å². The highest BCUT2D eigenvalue weighted by Gasteiger charge is 2.28. The number of carbonyl (C=O) groups is 3. The van der Waals surface area contributed by atoms with Gasteiger partial charge >= 0.3 is 11.9 Å². The summed E-state index contributed by atoms with van der Waals surface area (Å²) >= 11 is 9.24. The molecule has 0 saturated heterocycles. The summed E-state index contributed by atoms with van der Waals surface area (Å²) < 4.78 is 23.6. The molecule has 0 heterocycles. The van der Waals surface area contributed by atoms with Gasteiger partial charge in [-0.1, -0.05) is 26.0 Å². The lowest BCUT2D eigenvalue weighted by atomic mass is 9.95. The first-order chi connectivity index (χ1) is 18.5. The number of halogens is 3. The zero-order valence-corrected chi connectivity index (χ0v) is 27.3. The van der Waals surface area contributed by atoms with E-state index in [1.54, 1.807) is 31.4 Å². The van der Waals surface area contributed by atoms with Gasteiger partial charge < -0.3 is 18.9 Å². The fraction of sp³-hybridized carbons (Fsp3) is 0.276. The number of methoxy groups -OCH3 is 3. The van der Waals surface area contributed by atoms with Crippen LogP contribution in [0.5, 0.6) is 17.2 Å². The SMILES string of the molecule is COC(=O)CC(C(=O)OC)c1cc(Br)c(Oc2cc(C(C)C)c(OC)cc2C(=O)c2cccc(I)c2)c(Br)c1. The quantitative estimate of drug-likeness (QED) is 0.118. The lowest BCUT2D eigenvalue weighted by Crippen LogP contribution is -2.19. The molecule has 1 atom stereocenters. The van der Waals surface area contributed by atoms with Crippen molar-refractivity contribution < 1.29 is 33.3 Å². The fourth-order valence-electron chi connectivity index (χ4n) is 3.97. The molecule has 0 N–H and O–H groups in total. The third-order valence-electron chi connectivity index (χ3n) is 6.00. The zero-order chi connectivity index (χ0) is 28.9. The number of ether oxygens (including phenoxy) is 4. The van der Waals surface area contributed by atoms with Crippen LogP contribution >= 0.6 is 54.5 Å². The van der Waals surface area contributed by atoms with E-state index in [0.29, 0.717) is 42.9 Å². The Hall–Kier alpha value is -2.44. The van der Waals surface area contributed by atoms with E-state index in [4.69, 9.17) is 18.9 Å². The van der Waals surface area contributed by atoms with Crippen LogP contribution in [0.25, 0.3) is 0 Å². The first-order valence-corrected chi connectivity index (χ1v) is 14.5. The third-order valence-corrected chi connectivity index (χ3v) is 7.85. The van der Waals surface area contributed by atoms with Crippen molar-refractivity contribution in [2.24, 2.45) is 0 Å². The molecule has 0 amide bonds. The van der Waals surface area contributed by atoms with E-state index in [2.05, 4.69) is 54.5 Å². The minimum Gasteiger partial charge on any atom is -0.496 e. The van der Waals surface area contributed by atoms with Crippen LogP contribution in [-0.4, -0.2) is 39.1 Å². The van der Waals surface area contributed by atoms with Gasteiger partial charge in [0, 0.05) is 14.7 Å². The molecule has 1 unspecified atom stereocenters. The molecule has 0 aliphatic carbocycles. The van der Waals surface area contributed by atoms with Crippen molar-refractivity contribution in [2.45, 2.75) is 32.1 Å². The summed E-state index contributed by atoms with van der Waals surface area (Å²) in [6.07, 6.45) is -0.187. The molecular weight excluding hydrogens is 747 g/mol. The standard InChI is InChI=1S/C29H27Br2IO7/c1-15(2)19-12-25(21(13-24(19)36-3)27(34)16-7-6-8-18(32)9-16)39-28-22(30)10-17(11-23(28)31)20(29(35)38-5)14-26(33)37-4/h6-13,15,20H,14H2,1-5H3. The maximum absolute atomic E-state index is 13.7. The average Bonchev–Trinajstić information content (AvgIpc) is 2.92. The first kappa shape index (κ1) is 31.1. The van der Waals surface area contributed by atoms with Gasteiger partial charge in [0.25, 0.3) is 0 Å². The van der Waals surface area contributed by atoms with Crippen LogP contribution in [0.1, 0.15) is 59.2 Å². The Morgan fingerprint density at radius 3 is 2.10 bits per heavy atom. The first-order valence-electron chi connectivity index (χ1n) is 11.8. The molecule has 0 spiro atoms. The van der Waals surface area contributed by atoms with Crippen molar-refractivity contribution >= 4 is 72.2 Å². The summed E-state index contributed by atoms with van der Waals surface area (Å²) in [5, 5.41) is 0. The molecule has 0 aliphatic heterocycles. The van der Waals surface area contributed by atoms with Gasteiger partial charge in [-0.3, -0.25) is 14.4 Å². The van der Waals surface area contributed by atoms with Crippen molar-refractivity contribution in [1.29, 1.82) is 0 Å². The van der Waals surface area contributed by atoms with E-state index in [0.717, 1.165) is 9.13 Å². The third kappa shape index (κ3) is 7.40. The number of rotatable bonds is 10.